The van der Waals surface area contributed by atoms with Crippen LogP contribution in [0.2, 0.25) is 0 Å². The first-order chi connectivity index (χ1) is 17.6. The highest BCUT2D eigenvalue weighted by Crippen LogP contribution is 2.25. The van der Waals surface area contributed by atoms with Gasteiger partial charge in [0.1, 0.15) is 5.75 Å². The molecule has 1 fully saturated rings. The van der Waals surface area contributed by atoms with Gasteiger partial charge in [-0.05, 0) is 31.0 Å². The Labute approximate surface area is 210 Å². The number of hydrogen-bond donors (Lipinski definition) is 1. The van der Waals surface area contributed by atoms with Gasteiger partial charge >= 0.3 is 0 Å². The number of likely N-dealkylation sites (tertiary alicyclic amines) is 1. The molecule has 0 spiro atoms. The second-order valence-corrected chi connectivity index (χ2v) is 9.06. The predicted octanol–water partition coefficient (Wildman–Crippen LogP) is 4.87. The summed E-state index contributed by atoms with van der Waals surface area (Å²) in [5.74, 6) is 0.703. The van der Waals surface area contributed by atoms with Gasteiger partial charge in [0, 0.05) is 35.6 Å². The lowest BCUT2D eigenvalue weighted by atomic mass is 10.0. The van der Waals surface area contributed by atoms with E-state index in [0.29, 0.717) is 25.1 Å². The highest BCUT2D eigenvalue weighted by Gasteiger charge is 2.25. The molecule has 1 aliphatic heterocycles. The zero-order valence-corrected chi connectivity index (χ0v) is 20.3. The van der Waals surface area contributed by atoms with Gasteiger partial charge in [-0.2, -0.15) is 0 Å². The van der Waals surface area contributed by atoms with Gasteiger partial charge < -0.3 is 15.0 Å². The van der Waals surface area contributed by atoms with Crippen LogP contribution in [-0.2, 0) is 11.2 Å². The number of benzene rings is 3. The summed E-state index contributed by atoms with van der Waals surface area (Å²) in [6, 6.07) is 27.1. The summed E-state index contributed by atoms with van der Waals surface area (Å²) in [6.07, 6.45) is 1.75. The minimum absolute atomic E-state index is 0.0138. The van der Waals surface area contributed by atoms with E-state index in [-0.39, 0.29) is 17.9 Å². The molecule has 6 heteroatoms. The molecule has 0 unspecified atom stereocenters. The van der Waals surface area contributed by atoms with E-state index in [2.05, 4.69) is 5.32 Å². The van der Waals surface area contributed by atoms with Crippen LogP contribution in [-0.4, -0.2) is 47.9 Å². The van der Waals surface area contributed by atoms with Crippen LogP contribution in [0, 0.1) is 0 Å². The molecule has 1 saturated heterocycles. The van der Waals surface area contributed by atoms with Gasteiger partial charge in [0.25, 0.3) is 5.91 Å². The van der Waals surface area contributed by atoms with Crippen LogP contribution < -0.4 is 10.1 Å². The average Bonchev–Trinajstić information content (AvgIpc) is 2.93. The van der Waals surface area contributed by atoms with Gasteiger partial charge in [0.15, 0.2) is 0 Å². The molecule has 1 N–H and O–H groups in total. The topological polar surface area (TPSA) is 71.5 Å². The molecule has 5 rings (SSSR count). The molecule has 2 heterocycles. The number of nitrogens with one attached hydrogen (secondary N) is 1. The highest BCUT2D eigenvalue weighted by molar-refractivity contribution is 6.07. The fraction of sp³-hybridized carbons (Fsp3) is 0.233. The van der Waals surface area contributed by atoms with Crippen LogP contribution >= 0.6 is 0 Å². The molecule has 6 nitrogen and oxygen atoms in total. The number of para-hydroxylation sites is 2. The van der Waals surface area contributed by atoms with Crippen LogP contribution in [0.5, 0.6) is 5.75 Å². The number of piperidine rings is 1. The molecule has 182 valence electrons. The third-order valence-corrected chi connectivity index (χ3v) is 6.75. The first-order valence-corrected chi connectivity index (χ1v) is 12.3. The first kappa shape index (κ1) is 23.5. The molecule has 0 atom stereocenters. The largest absolute Gasteiger partial charge is 0.496 e. The predicted molar refractivity (Wildman–Crippen MR) is 141 cm³/mol. The van der Waals surface area contributed by atoms with Gasteiger partial charge in [0.05, 0.1) is 30.3 Å². The SMILES string of the molecule is COc1ccccc1CC(=O)N1CCC(NC(=O)c2cc(-c3ccccc3)nc3ccccc23)CC1. The molecule has 1 aromatic heterocycles. The number of nitrogens with zero attached hydrogens (tertiary/aromatic N) is 2. The average molecular weight is 480 g/mol. The number of methoxy groups -OCH3 is 1. The summed E-state index contributed by atoms with van der Waals surface area (Å²) in [7, 11) is 1.62. The molecular formula is C30H29N3O3. The zero-order chi connectivity index (χ0) is 24.9. The number of hydrogen-bond acceptors (Lipinski definition) is 4. The Morgan fingerprint density at radius 3 is 2.42 bits per heavy atom. The van der Waals surface area contributed by atoms with Crippen molar-refractivity contribution in [1.29, 1.82) is 0 Å². The lowest BCUT2D eigenvalue weighted by molar-refractivity contribution is -0.131. The van der Waals surface area contributed by atoms with E-state index in [4.69, 9.17) is 9.72 Å². The van der Waals surface area contributed by atoms with Crippen LogP contribution in [0.15, 0.2) is 84.9 Å². The summed E-state index contributed by atoms with van der Waals surface area (Å²) < 4.78 is 5.38. The fourth-order valence-corrected chi connectivity index (χ4v) is 4.78. The van der Waals surface area contributed by atoms with Crippen molar-refractivity contribution in [2.75, 3.05) is 20.2 Å². The molecule has 36 heavy (non-hydrogen) atoms. The Balaban J connectivity index is 1.26. The highest BCUT2D eigenvalue weighted by atomic mass is 16.5. The number of rotatable bonds is 6. The van der Waals surface area contributed by atoms with Crippen LogP contribution in [0.25, 0.3) is 22.2 Å². The first-order valence-electron chi connectivity index (χ1n) is 12.3. The second kappa shape index (κ2) is 10.6. The Kier molecular flexibility index (Phi) is 6.94. The Morgan fingerprint density at radius 2 is 1.64 bits per heavy atom. The van der Waals surface area contributed by atoms with Gasteiger partial charge in [0.2, 0.25) is 5.91 Å². The number of pyridine rings is 1. The van der Waals surface area contributed by atoms with Crippen LogP contribution in [0.4, 0.5) is 0 Å². The fourth-order valence-electron chi connectivity index (χ4n) is 4.78. The summed E-state index contributed by atoms with van der Waals surface area (Å²) in [6.45, 7) is 1.23. The second-order valence-electron chi connectivity index (χ2n) is 9.06. The van der Waals surface area contributed by atoms with Crippen molar-refractivity contribution >= 4 is 22.7 Å². The number of ether oxygens (including phenoxy) is 1. The monoisotopic (exact) mass is 479 g/mol. The van der Waals surface area contributed by atoms with Crippen LogP contribution in [0.3, 0.4) is 0 Å². The maximum Gasteiger partial charge on any atom is 0.252 e. The molecule has 0 saturated carbocycles. The lowest BCUT2D eigenvalue weighted by Gasteiger charge is -2.32. The normalized spacial score (nSPS) is 14.0. The van der Waals surface area contributed by atoms with Gasteiger partial charge in [-0.1, -0.05) is 66.7 Å². The molecule has 4 aromatic rings. The summed E-state index contributed by atoms with van der Waals surface area (Å²) in [5.41, 5.74) is 4.05. The summed E-state index contributed by atoms with van der Waals surface area (Å²) >= 11 is 0. The standard InChI is InChI=1S/C30H29N3O3/c1-36-28-14-8-5-11-22(28)19-29(34)33-17-15-23(16-18-33)31-30(35)25-20-27(21-9-3-2-4-10-21)32-26-13-7-6-12-24(25)26/h2-14,20,23H,15-19H2,1H3,(H,31,35). The third-order valence-electron chi connectivity index (χ3n) is 6.75. The van der Waals surface area contributed by atoms with Crippen molar-refractivity contribution in [1.82, 2.24) is 15.2 Å². The number of amides is 2. The zero-order valence-electron chi connectivity index (χ0n) is 20.3. The Hall–Kier alpha value is -4.19. The van der Waals surface area contributed by atoms with Crippen molar-refractivity contribution in [3.05, 3.63) is 96.1 Å². The molecule has 0 radical (unpaired) electrons. The summed E-state index contributed by atoms with van der Waals surface area (Å²) in [4.78, 5) is 32.9. The third kappa shape index (κ3) is 5.08. The van der Waals surface area contributed by atoms with Gasteiger partial charge in [-0.25, -0.2) is 4.98 Å². The number of carbonyl (C=O) groups is 2. The molecule has 3 aromatic carbocycles. The maximum absolute atomic E-state index is 13.4. The van der Waals surface area contributed by atoms with E-state index in [1.54, 1.807) is 7.11 Å². The van der Waals surface area contributed by atoms with Crippen molar-refractivity contribution in [3.63, 3.8) is 0 Å². The Morgan fingerprint density at radius 1 is 0.944 bits per heavy atom. The number of fused-ring (bicyclic) bond motifs is 1. The van der Waals surface area contributed by atoms with E-state index in [0.717, 1.165) is 46.3 Å². The van der Waals surface area contributed by atoms with Gasteiger partial charge in [-0.3, -0.25) is 9.59 Å². The molecule has 0 aliphatic carbocycles. The van der Waals surface area contributed by atoms with Crippen molar-refractivity contribution in [2.45, 2.75) is 25.3 Å². The van der Waals surface area contributed by atoms with E-state index >= 15 is 0 Å². The lowest BCUT2D eigenvalue weighted by Crippen LogP contribution is -2.47. The van der Waals surface area contributed by atoms with Crippen LogP contribution in [0.1, 0.15) is 28.8 Å². The molecule has 1 aliphatic rings. The van der Waals surface area contributed by atoms with E-state index in [9.17, 15) is 9.59 Å². The smallest absolute Gasteiger partial charge is 0.252 e. The molecule has 2 amide bonds. The van der Waals surface area contributed by atoms with E-state index < -0.39 is 0 Å². The minimum Gasteiger partial charge on any atom is -0.496 e. The van der Waals surface area contributed by atoms with E-state index in [1.807, 2.05) is 89.8 Å². The minimum atomic E-state index is -0.107. The molecular weight excluding hydrogens is 450 g/mol. The number of aromatic nitrogens is 1. The van der Waals surface area contributed by atoms with E-state index in [1.165, 1.54) is 0 Å². The van der Waals surface area contributed by atoms with Crippen molar-refractivity contribution in [3.8, 4) is 17.0 Å². The Bertz CT molecular complexity index is 1380. The maximum atomic E-state index is 13.4. The summed E-state index contributed by atoms with van der Waals surface area (Å²) in [5, 5.41) is 4.04. The van der Waals surface area contributed by atoms with Crippen molar-refractivity contribution < 1.29 is 14.3 Å². The quantitative estimate of drug-likeness (QED) is 0.428. The van der Waals surface area contributed by atoms with Gasteiger partial charge in [-0.15, -0.1) is 0 Å². The number of carbonyl (C=O) groups excluding carboxylic acids is 2. The van der Waals surface area contributed by atoms with Crippen molar-refractivity contribution in [2.24, 2.45) is 0 Å². The molecule has 0 bridgehead atoms.